The Labute approximate surface area is 81.0 Å². The molecule has 0 aliphatic carbocycles. The van der Waals surface area contributed by atoms with Crippen LogP contribution in [-0.4, -0.2) is 21.1 Å². The first kappa shape index (κ1) is 9.98. The van der Waals surface area contributed by atoms with Crippen LogP contribution in [-0.2, 0) is 0 Å². The Morgan fingerprint density at radius 2 is 2.23 bits per heavy atom. The highest BCUT2D eigenvalue weighted by atomic mass is 32.1. The molecule has 0 aromatic carbocycles. The number of rotatable bonds is 1. The van der Waals surface area contributed by atoms with Gasteiger partial charge in [0.05, 0.1) is 0 Å². The van der Waals surface area contributed by atoms with E-state index >= 15 is 0 Å². The summed E-state index contributed by atoms with van der Waals surface area (Å²) in [6.45, 7) is 5.50. The summed E-state index contributed by atoms with van der Waals surface area (Å²) in [6, 6.07) is 1.70. The fraction of sp³-hybridized carbons (Fsp3) is 0.500. The van der Waals surface area contributed by atoms with Gasteiger partial charge in [-0.1, -0.05) is 0 Å². The van der Waals surface area contributed by atoms with Crippen LogP contribution in [0.5, 0.6) is 0 Å². The van der Waals surface area contributed by atoms with Gasteiger partial charge in [-0.05, 0) is 38.4 Å². The molecule has 0 bridgehead atoms. The van der Waals surface area contributed by atoms with Gasteiger partial charge in [-0.3, -0.25) is 4.90 Å². The Morgan fingerprint density at radius 3 is 2.54 bits per heavy atom. The van der Waals surface area contributed by atoms with Gasteiger partial charge in [0.2, 0.25) is 0 Å². The monoisotopic (exact) mass is 200 g/mol. The van der Waals surface area contributed by atoms with Gasteiger partial charge in [-0.15, -0.1) is 0 Å². The molecule has 0 fully saturated rings. The van der Waals surface area contributed by atoms with Crippen LogP contribution in [0, 0.1) is 0 Å². The molecule has 0 saturated carbocycles. The predicted molar refractivity (Wildman–Crippen MR) is 52.4 cm³/mol. The number of carbonyl (C=O) groups is 1. The van der Waals surface area contributed by atoms with E-state index in [1.165, 1.54) is 16.4 Å². The van der Waals surface area contributed by atoms with Crippen LogP contribution in [0.4, 0.5) is 10.6 Å². The summed E-state index contributed by atoms with van der Waals surface area (Å²) >= 11 is 1.25. The molecule has 72 valence electrons. The molecule has 1 N–H and O–H groups in total. The second-order valence-electron chi connectivity index (χ2n) is 3.65. The smallest absolute Gasteiger partial charge is 0.413 e. The van der Waals surface area contributed by atoms with Crippen molar-refractivity contribution in [3.05, 3.63) is 11.4 Å². The van der Waals surface area contributed by atoms with Crippen LogP contribution in [0.2, 0.25) is 0 Å². The van der Waals surface area contributed by atoms with E-state index < -0.39 is 11.6 Å². The molecule has 1 heterocycles. The van der Waals surface area contributed by atoms with Crippen molar-refractivity contribution >= 4 is 23.4 Å². The van der Waals surface area contributed by atoms with Gasteiger partial charge in [0, 0.05) is 10.9 Å². The summed E-state index contributed by atoms with van der Waals surface area (Å²) in [5.41, 5.74) is -0.458. The number of anilines is 1. The molecule has 0 aliphatic heterocycles. The van der Waals surface area contributed by atoms with Crippen molar-refractivity contribution in [2.45, 2.75) is 26.3 Å². The van der Waals surface area contributed by atoms with Gasteiger partial charge in [0.25, 0.3) is 0 Å². The van der Waals surface area contributed by atoms with Gasteiger partial charge in [-0.2, -0.15) is 4.37 Å². The quantitative estimate of drug-likeness (QED) is 0.757. The molecule has 0 atom stereocenters. The average molecular weight is 200 g/mol. The minimum Gasteiger partial charge on any atom is -0.465 e. The van der Waals surface area contributed by atoms with Gasteiger partial charge in [0.15, 0.2) is 5.82 Å². The Kier molecular flexibility index (Phi) is 2.56. The lowest BCUT2D eigenvalue weighted by molar-refractivity contribution is 0.195. The Hall–Kier alpha value is -1.10. The second kappa shape index (κ2) is 3.33. The molecule has 0 unspecified atom stereocenters. The minimum atomic E-state index is -0.974. The molecule has 1 aromatic heterocycles. The molecule has 1 rings (SSSR count). The Morgan fingerprint density at radius 1 is 1.62 bits per heavy atom. The zero-order chi connectivity index (χ0) is 10.1. The first-order valence-corrected chi connectivity index (χ1v) is 4.70. The van der Waals surface area contributed by atoms with Gasteiger partial charge in [-0.25, -0.2) is 4.79 Å². The lowest BCUT2D eigenvalue weighted by atomic mass is 10.1. The van der Waals surface area contributed by atoms with Crippen molar-refractivity contribution in [3.8, 4) is 0 Å². The van der Waals surface area contributed by atoms with E-state index in [4.69, 9.17) is 5.11 Å². The van der Waals surface area contributed by atoms with E-state index in [2.05, 4.69) is 4.37 Å². The summed E-state index contributed by atoms with van der Waals surface area (Å²) in [5.74, 6) is 0.491. The summed E-state index contributed by atoms with van der Waals surface area (Å²) in [5, 5.41) is 10.7. The van der Waals surface area contributed by atoms with Crippen LogP contribution in [0.3, 0.4) is 0 Å². The molecule has 0 aliphatic rings. The fourth-order valence-corrected chi connectivity index (χ4v) is 1.54. The third kappa shape index (κ3) is 2.18. The molecular weight excluding hydrogens is 188 g/mol. The molecular formula is C8H12N2O2S. The van der Waals surface area contributed by atoms with Crippen LogP contribution >= 0.6 is 11.5 Å². The third-order valence-electron chi connectivity index (χ3n) is 1.52. The minimum absolute atomic E-state index is 0.458. The van der Waals surface area contributed by atoms with Crippen molar-refractivity contribution in [1.82, 2.24) is 4.37 Å². The van der Waals surface area contributed by atoms with Crippen LogP contribution in [0.15, 0.2) is 11.4 Å². The lowest BCUT2D eigenvalue weighted by Gasteiger charge is -2.30. The van der Waals surface area contributed by atoms with Gasteiger partial charge >= 0.3 is 6.09 Å². The topological polar surface area (TPSA) is 53.4 Å². The molecule has 0 radical (unpaired) electrons. The van der Waals surface area contributed by atoms with E-state index in [1.54, 1.807) is 11.4 Å². The van der Waals surface area contributed by atoms with Crippen LogP contribution < -0.4 is 4.90 Å². The Balaban J connectivity index is 3.01. The third-order valence-corrected chi connectivity index (χ3v) is 2.07. The van der Waals surface area contributed by atoms with E-state index in [1.807, 2.05) is 20.8 Å². The number of nitrogens with zero attached hydrogens (tertiary/aromatic N) is 2. The average Bonchev–Trinajstić information content (AvgIpc) is 2.34. The van der Waals surface area contributed by atoms with Crippen LogP contribution in [0.1, 0.15) is 20.8 Å². The molecule has 1 amide bonds. The van der Waals surface area contributed by atoms with E-state index in [-0.39, 0.29) is 0 Å². The fourth-order valence-electron chi connectivity index (χ4n) is 1.05. The highest BCUT2D eigenvalue weighted by Crippen LogP contribution is 2.22. The van der Waals surface area contributed by atoms with Crippen LogP contribution in [0.25, 0.3) is 0 Å². The maximum absolute atomic E-state index is 10.9. The summed E-state index contributed by atoms with van der Waals surface area (Å²) in [6.07, 6.45) is -0.974. The molecule has 13 heavy (non-hydrogen) atoms. The summed E-state index contributed by atoms with van der Waals surface area (Å²) in [4.78, 5) is 12.2. The predicted octanol–water partition coefficient (Wildman–Crippen LogP) is 2.43. The number of amides is 1. The number of hydrogen-bond acceptors (Lipinski definition) is 3. The first-order valence-electron chi connectivity index (χ1n) is 3.86. The molecule has 4 nitrogen and oxygen atoms in total. The summed E-state index contributed by atoms with van der Waals surface area (Å²) < 4.78 is 3.99. The lowest BCUT2D eigenvalue weighted by Crippen LogP contribution is -2.45. The zero-order valence-corrected chi connectivity index (χ0v) is 8.63. The highest BCUT2D eigenvalue weighted by Gasteiger charge is 2.28. The maximum Gasteiger partial charge on any atom is 0.413 e. The number of hydrogen-bond donors (Lipinski definition) is 1. The summed E-state index contributed by atoms with van der Waals surface area (Å²) in [7, 11) is 0. The zero-order valence-electron chi connectivity index (χ0n) is 7.81. The largest absolute Gasteiger partial charge is 0.465 e. The van der Waals surface area contributed by atoms with Crippen molar-refractivity contribution in [3.63, 3.8) is 0 Å². The number of carboxylic acid groups (broad SMARTS) is 1. The van der Waals surface area contributed by atoms with Crippen molar-refractivity contribution in [1.29, 1.82) is 0 Å². The normalized spacial score (nSPS) is 11.3. The maximum atomic E-state index is 10.9. The van der Waals surface area contributed by atoms with Crippen molar-refractivity contribution in [2.75, 3.05) is 4.90 Å². The SMILES string of the molecule is CC(C)(C)N(C(=O)O)c1ccsn1. The standard InChI is InChI=1S/C8H12N2O2S/c1-8(2,3)10(7(11)12)6-4-5-13-9-6/h4-5H,1-3H3,(H,11,12). The van der Waals surface area contributed by atoms with E-state index in [0.717, 1.165) is 0 Å². The highest BCUT2D eigenvalue weighted by molar-refractivity contribution is 7.03. The van der Waals surface area contributed by atoms with Crippen molar-refractivity contribution in [2.24, 2.45) is 0 Å². The van der Waals surface area contributed by atoms with Crippen molar-refractivity contribution < 1.29 is 9.90 Å². The van der Waals surface area contributed by atoms with Gasteiger partial charge in [0.1, 0.15) is 0 Å². The van der Waals surface area contributed by atoms with E-state index in [0.29, 0.717) is 5.82 Å². The first-order chi connectivity index (χ1) is 5.93. The second-order valence-corrected chi connectivity index (χ2v) is 4.31. The molecule has 0 spiro atoms. The van der Waals surface area contributed by atoms with E-state index in [9.17, 15) is 4.79 Å². The number of aromatic nitrogens is 1. The Bertz CT molecular complexity index is 290. The molecule has 5 heteroatoms. The van der Waals surface area contributed by atoms with Gasteiger partial charge < -0.3 is 5.11 Å². The molecule has 0 saturated heterocycles. The molecule has 1 aromatic rings.